The molecule has 0 aliphatic heterocycles. The maximum absolute atomic E-state index is 11.5. The summed E-state index contributed by atoms with van der Waals surface area (Å²) in [5.41, 5.74) is 0.613. The molecule has 0 N–H and O–H groups in total. The van der Waals surface area contributed by atoms with Crippen LogP contribution in [0, 0.1) is 0 Å². The van der Waals surface area contributed by atoms with Gasteiger partial charge < -0.3 is 4.74 Å². The number of esters is 1. The molecule has 0 unspecified atom stereocenters. The standard InChI is InChI=1S/C10H11BrO2S/c1-3-14-8-6-4-5-7(11)9(8)10(12)13-2/h4-6H,3H2,1-2H3. The lowest BCUT2D eigenvalue weighted by molar-refractivity contribution is 0.0595. The van der Waals surface area contributed by atoms with Crippen LogP contribution in [-0.4, -0.2) is 18.8 Å². The highest BCUT2D eigenvalue weighted by molar-refractivity contribution is 9.10. The van der Waals surface area contributed by atoms with Crippen LogP contribution in [-0.2, 0) is 4.74 Å². The second-order valence-electron chi connectivity index (χ2n) is 2.54. The van der Waals surface area contributed by atoms with Gasteiger partial charge in [-0.15, -0.1) is 11.8 Å². The first-order valence-corrected chi connectivity index (χ1v) is 5.98. The largest absolute Gasteiger partial charge is 0.465 e. The highest BCUT2D eigenvalue weighted by Crippen LogP contribution is 2.29. The van der Waals surface area contributed by atoms with Gasteiger partial charge in [0, 0.05) is 9.37 Å². The van der Waals surface area contributed by atoms with Crippen molar-refractivity contribution in [1.82, 2.24) is 0 Å². The van der Waals surface area contributed by atoms with Crippen LogP contribution in [0.2, 0.25) is 0 Å². The topological polar surface area (TPSA) is 26.3 Å². The number of carbonyl (C=O) groups is 1. The SMILES string of the molecule is CCSc1cccc(Br)c1C(=O)OC. The summed E-state index contributed by atoms with van der Waals surface area (Å²) < 4.78 is 5.50. The molecule has 0 heterocycles. The van der Waals surface area contributed by atoms with Gasteiger partial charge >= 0.3 is 5.97 Å². The average molecular weight is 275 g/mol. The average Bonchev–Trinajstić information content (AvgIpc) is 2.18. The molecule has 76 valence electrons. The van der Waals surface area contributed by atoms with Crippen molar-refractivity contribution in [3.8, 4) is 0 Å². The van der Waals surface area contributed by atoms with E-state index in [0.29, 0.717) is 5.56 Å². The van der Waals surface area contributed by atoms with Crippen LogP contribution in [0.25, 0.3) is 0 Å². The van der Waals surface area contributed by atoms with Gasteiger partial charge in [0.1, 0.15) is 0 Å². The minimum Gasteiger partial charge on any atom is -0.465 e. The monoisotopic (exact) mass is 274 g/mol. The van der Waals surface area contributed by atoms with E-state index in [-0.39, 0.29) is 5.97 Å². The van der Waals surface area contributed by atoms with Crippen molar-refractivity contribution >= 4 is 33.7 Å². The smallest absolute Gasteiger partial charge is 0.340 e. The van der Waals surface area contributed by atoms with E-state index in [0.717, 1.165) is 15.1 Å². The van der Waals surface area contributed by atoms with Crippen molar-refractivity contribution in [2.45, 2.75) is 11.8 Å². The Morgan fingerprint density at radius 3 is 2.86 bits per heavy atom. The van der Waals surface area contributed by atoms with Gasteiger partial charge in [-0.25, -0.2) is 4.79 Å². The zero-order valence-electron chi connectivity index (χ0n) is 8.04. The van der Waals surface area contributed by atoms with Crippen LogP contribution in [0.15, 0.2) is 27.6 Å². The molecule has 2 nitrogen and oxygen atoms in total. The number of thioether (sulfide) groups is 1. The molecule has 14 heavy (non-hydrogen) atoms. The van der Waals surface area contributed by atoms with Gasteiger partial charge in [0.2, 0.25) is 0 Å². The molecule has 0 saturated heterocycles. The molecule has 1 aromatic carbocycles. The molecule has 1 aromatic rings. The Balaban J connectivity index is 3.15. The van der Waals surface area contributed by atoms with Crippen molar-refractivity contribution in [3.05, 3.63) is 28.2 Å². The Morgan fingerprint density at radius 2 is 2.29 bits per heavy atom. The Hall–Kier alpha value is -0.480. The summed E-state index contributed by atoms with van der Waals surface area (Å²) in [6.45, 7) is 2.05. The Kier molecular flexibility index (Phi) is 4.48. The minimum absolute atomic E-state index is 0.298. The van der Waals surface area contributed by atoms with E-state index in [4.69, 9.17) is 4.74 Å². The third-order valence-corrected chi connectivity index (χ3v) is 3.27. The number of carbonyl (C=O) groups excluding carboxylic acids is 1. The predicted octanol–water partition coefficient (Wildman–Crippen LogP) is 3.35. The van der Waals surface area contributed by atoms with E-state index in [1.54, 1.807) is 11.8 Å². The van der Waals surface area contributed by atoms with E-state index >= 15 is 0 Å². The van der Waals surface area contributed by atoms with E-state index in [1.165, 1.54) is 7.11 Å². The molecule has 0 fully saturated rings. The number of methoxy groups -OCH3 is 1. The molecule has 1 rings (SSSR count). The maximum Gasteiger partial charge on any atom is 0.340 e. The van der Waals surface area contributed by atoms with Crippen LogP contribution in [0.4, 0.5) is 0 Å². The van der Waals surface area contributed by atoms with E-state index in [1.807, 2.05) is 25.1 Å². The van der Waals surface area contributed by atoms with E-state index in [2.05, 4.69) is 15.9 Å². The third-order valence-electron chi connectivity index (χ3n) is 1.66. The second kappa shape index (κ2) is 5.41. The number of benzene rings is 1. The Bertz CT molecular complexity index is 339. The van der Waals surface area contributed by atoms with Gasteiger partial charge in [0.05, 0.1) is 12.7 Å². The lowest BCUT2D eigenvalue weighted by atomic mass is 10.2. The van der Waals surface area contributed by atoms with E-state index < -0.39 is 0 Å². The second-order valence-corrected chi connectivity index (χ2v) is 4.70. The lowest BCUT2D eigenvalue weighted by Crippen LogP contribution is -2.04. The normalized spacial score (nSPS) is 9.93. The first-order valence-electron chi connectivity index (χ1n) is 4.20. The molecule has 0 aliphatic rings. The van der Waals surface area contributed by atoms with Crippen LogP contribution >= 0.6 is 27.7 Å². The van der Waals surface area contributed by atoms with Gasteiger partial charge in [-0.05, 0) is 33.8 Å². The molecule has 0 bridgehead atoms. The summed E-state index contributed by atoms with van der Waals surface area (Å²) in [6, 6.07) is 5.67. The zero-order chi connectivity index (χ0) is 10.6. The van der Waals surface area contributed by atoms with Gasteiger partial charge in [-0.1, -0.05) is 13.0 Å². The lowest BCUT2D eigenvalue weighted by Gasteiger charge is -2.07. The molecule has 0 atom stereocenters. The molecular weight excluding hydrogens is 264 g/mol. The fraction of sp³-hybridized carbons (Fsp3) is 0.300. The molecule has 0 radical (unpaired) electrons. The molecule has 0 aromatic heterocycles. The van der Waals surface area contributed by atoms with Crippen molar-refractivity contribution in [1.29, 1.82) is 0 Å². The molecule has 0 aliphatic carbocycles. The van der Waals surface area contributed by atoms with Crippen LogP contribution in [0.5, 0.6) is 0 Å². The van der Waals surface area contributed by atoms with Crippen molar-refractivity contribution in [2.24, 2.45) is 0 Å². The summed E-state index contributed by atoms with van der Waals surface area (Å²) in [7, 11) is 1.39. The van der Waals surface area contributed by atoms with Gasteiger partial charge in [-0.3, -0.25) is 0 Å². The highest BCUT2D eigenvalue weighted by Gasteiger charge is 2.14. The number of hydrogen-bond donors (Lipinski definition) is 0. The van der Waals surface area contributed by atoms with Gasteiger partial charge in [-0.2, -0.15) is 0 Å². The first-order chi connectivity index (χ1) is 6.70. The molecule has 0 saturated carbocycles. The van der Waals surface area contributed by atoms with E-state index in [9.17, 15) is 4.79 Å². The molecule has 0 amide bonds. The number of halogens is 1. The van der Waals surface area contributed by atoms with Gasteiger partial charge in [0.25, 0.3) is 0 Å². The number of rotatable bonds is 3. The van der Waals surface area contributed by atoms with Crippen LogP contribution in [0.1, 0.15) is 17.3 Å². The molecule has 0 spiro atoms. The number of ether oxygens (including phenoxy) is 1. The summed E-state index contributed by atoms with van der Waals surface area (Å²) in [6.07, 6.45) is 0. The molecule has 4 heteroatoms. The summed E-state index contributed by atoms with van der Waals surface area (Å²) in [5.74, 6) is 0.633. The fourth-order valence-corrected chi connectivity index (χ4v) is 2.56. The summed E-state index contributed by atoms with van der Waals surface area (Å²) in [5, 5.41) is 0. The quantitative estimate of drug-likeness (QED) is 0.625. The Morgan fingerprint density at radius 1 is 1.57 bits per heavy atom. The Labute approximate surface area is 96.2 Å². The third kappa shape index (κ3) is 2.51. The zero-order valence-corrected chi connectivity index (χ0v) is 10.4. The summed E-state index contributed by atoms with van der Waals surface area (Å²) >= 11 is 4.97. The molecular formula is C10H11BrO2S. The summed E-state index contributed by atoms with van der Waals surface area (Å²) in [4.78, 5) is 12.4. The first kappa shape index (κ1) is 11.6. The maximum atomic E-state index is 11.5. The van der Waals surface area contributed by atoms with Crippen molar-refractivity contribution < 1.29 is 9.53 Å². The van der Waals surface area contributed by atoms with Crippen molar-refractivity contribution in [2.75, 3.05) is 12.9 Å². The van der Waals surface area contributed by atoms with Crippen LogP contribution in [0.3, 0.4) is 0 Å². The number of hydrogen-bond acceptors (Lipinski definition) is 3. The van der Waals surface area contributed by atoms with Crippen molar-refractivity contribution in [3.63, 3.8) is 0 Å². The minimum atomic E-state index is -0.298. The van der Waals surface area contributed by atoms with Gasteiger partial charge in [0.15, 0.2) is 0 Å². The highest BCUT2D eigenvalue weighted by atomic mass is 79.9. The van der Waals surface area contributed by atoms with Crippen LogP contribution < -0.4 is 0 Å². The fourth-order valence-electron chi connectivity index (χ4n) is 1.08. The predicted molar refractivity (Wildman–Crippen MR) is 61.9 cm³/mol.